The van der Waals surface area contributed by atoms with Crippen LogP contribution in [0.15, 0.2) is 47.2 Å². The Hall–Kier alpha value is -2.56. The molecule has 0 aliphatic heterocycles. The molecule has 1 amide bonds. The number of aromatic nitrogens is 2. The van der Waals surface area contributed by atoms with E-state index in [1.165, 1.54) is 0 Å². The Balaban J connectivity index is 1.80. The van der Waals surface area contributed by atoms with E-state index in [0.29, 0.717) is 18.0 Å². The SMILES string of the molecule is Cc1cccc2nc(C(=O)NCc3ccco3)cn12. The van der Waals surface area contributed by atoms with Gasteiger partial charge in [-0.3, -0.25) is 4.79 Å². The van der Waals surface area contributed by atoms with Gasteiger partial charge in [-0.05, 0) is 31.2 Å². The molecular weight excluding hydrogens is 242 g/mol. The molecule has 3 aromatic rings. The van der Waals surface area contributed by atoms with Gasteiger partial charge in [0.1, 0.15) is 17.1 Å². The number of furan rings is 1. The number of rotatable bonds is 3. The van der Waals surface area contributed by atoms with Gasteiger partial charge in [-0.1, -0.05) is 6.07 Å². The number of carbonyl (C=O) groups excluding carboxylic acids is 1. The Bertz CT molecular complexity index is 713. The summed E-state index contributed by atoms with van der Waals surface area (Å²) < 4.78 is 7.05. The second kappa shape index (κ2) is 4.61. The Labute approximate surface area is 109 Å². The normalized spacial score (nSPS) is 10.8. The van der Waals surface area contributed by atoms with E-state index in [1.54, 1.807) is 18.5 Å². The topological polar surface area (TPSA) is 59.5 Å². The third-order valence-corrected chi connectivity index (χ3v) is 2.93. The first kappa shape index (κ1) is 11.5. The first-order valence-electron chi connectivity index (χ1n) is 5.99. The molecule has 3 rings (SSSR count). The van der Waals surface area contributed by atoms with E-state index >= 15 is 0 Å². The molecular formula is C14H13N3O2. The Kier molecular flexibility index (Phi) is 2.79. The zero-order chi connectivity index (χ0) is 13.2. The fraction of sp³-hybridized carbons (Fsp3) is 0.143. The van der Waals surface area contributed by atoms with Crippen molar-refractivity contribution >= 4 is 11.6 Å². The lowest BCUT2D eigenvalue weighted by atomic mass is 10.4. The highest BCUT2D eigenvalue weighted by molar-refractivity contribution is 5.92. The molecule has 0 aliphatic rings. The maximum absolute atomic E-state index is 12.0. The molecule has 0 bridgehead atoms. The van der Waals surface area contributed by atoms with Crippen LogP contribution >= 0.6 is 0 Å². The van der Waals surface area contributed by atoms with Gasteiger partial charge in [-0.15, -0.1) is 0 Å². The van der Waals surface area contributed by atoms with Gasteiger partial charge in [0, 0.05) is 11.9 Å². The van der Waals surface area contributed by atoms with Crippen LogP contribution in [0.2, 0.25) is 0 Å². The number of hydrogen-bond acceptors (Lipinski definition) is 3. The number of carbonyl (C=O) groups is 1. The largest absolute Gasteiger partial charge is 0.467 e. The van der Waals surface area contributed by atoms with Crippen LogP contribution in [0.3, 0.4) is 0 Å². The summed E-state index contributed by atoms with van der Waals surface area (Å²) in [4.78, 5) is 16.3. The van der Waals surface area contributed by atoms with Gasteiger partial charge in [-0.25, -0.2) is 4.98 Å². The number of pyridine rings is 1. The smallest absolute Gasteiger partial charge is 0.271 e. The van der Waals surface area contributed by atoms with Crippen LogP contribution < -0.4 is 5.32 Å². The van der Waals surface area contributed by atoms with Crippen molar-refractivity contribution in [3.05, 3.63) is 59.9 Å². The van der Waals surface area contributed by atoms with Gasteiger partial charge in [0.05, 0.1) is 12.8 Å². The summed E-state index contributed by atoms with van der Waals surface area (Å²) in [5, 5.41) is 2.77. The summed E-state index contributed by atoms with van der Waals surface area (Å²) in [6.45, 7) is 2.33. The average Bonchev–Trinajstić information content (AvgIpc) is 3.05. The van der Waals surface area contributed by atoms with Gasteiger partial charge in [-0.2, -0.15) is 0 Å². The molecule has 1 N–H and O–H groups in total. The van der Waals surface area contributed by atoms with Crippen LogP contribution in [-0.4, -0.2) is 15.3 Å². The van der Waals surface area contributed by atoms with Gasteiger partial charge < -0.3 is 14.1 Å². The molecule has 5 heteroatoms. The number of nitrogens with zero attached hydrogens (tertiary/aromatic N) is 2. The zero-order valence-corrected chi connectivity index (χ0v) is 10.5. The third kappa shape index (κ3) is 2.22. The standard InChI is InChI=1S/C14H13N3O2/c1-10-4-2-6-13-16-12(9-17(10)13)14(18)15-8-11-5-3-7-19-11/h2-7,9H,8H2,1H3,(H,15,18). The van der Waals surface area contributed by atoms with E-state index in [1.807, 2.05) is 35.6 Å². The van der Waals surface area contributed by atoms with Crippen molar-refractivity contribution in [2.45, 2.75) is 13.5 Å². The second-order valence-electron chi connectivity index (χ2n) is 4.28. The van der Waals surface area contributed by atoms with Crippen LogP contribution in [0.4, 0.5) is 0 Å². The third-order valence-electron chi connectivity index (χ3n) is 2.93. The van der Waals surface area contributed by atoms with Crippen LogP contribution in [0.5, 0.6) is 0 Å². The van der Waals surface area contributed by atoms with Gasteiger partial charge >= 0.3 is 0 Å². The molecule has 19 heavy (non-hydrogen) atoms. The molecule has 3 aromatic heterocycles. The summed E-state index contributed by atoms with van der Waals surface area (Å²) in [5.74, 6) is 0.507. The maximum atomic E-state index is 12.0. The van der Waals surface area contributed by atoms with Crippen molar-refractivity contribution in [3.8, 4) is 0 Å². The van der Waals surface area contributed by atoms with Crippen molar-refractivity contribution in [3.63, 3.8) is 0 Å². The summed E-state index contributed by atoms with van der Waals surface area (Å²) in [5.41, 5.74) is 2.21. The van der Waals surface area contributed by atoms with Crippen LogP contribution in [0.25, 0.3) is 5.65 Å². The molecule has 0 atom stereocenters. The highest BCUT2D eigenvalue weighted by Crippen LogP contribution is 2.08. The second-order valence-corrected chi connectivity index (χ2v) is 4.28. The van der Waals surface area contributed by atoms with E-state index in [2.05, 4.69) is 10.3 Å². The molecule has 0 aromatic carbocycles. The molecule has 0 saturated carbocycles. The predicted octanol–water partition coefficient (Wildman–Crippen LogP) is 2.17. The molecule has 0 saturated heterocycles. The molecule has 0 spiro atoms. The lowest BCUT2D eigenvalue weighted by Gasteiger charge is -1.99. The Morgan fingerprint density at radius 1 is 1.37 bits per heavy atom. The van der Waals surface area contributed by atoms with Crippen molar-refractivity contribution in [2.24, 2.45) is 0 Å². The Morgan fingerprint density at radius 2 is 2.26 bits per heavy atom. The summed E-state index contributed by atoms with van der Waals surface area (Å²) in [7, 11) is 0. The van der Waals surface area contributed by atoms with Crippen molar-refractivity contribution in [2.75, 3.05) is 0 Å². The first-order valence-corrected chi connectivity index (χ1v) is 5.99. The highest BCUT2D eigenvalue weighted by Gasteiger charge is 2.11. The van der Waals surface area contributed by atoms with E-state index in [-0.39, 0.29) is 5.91 Å². The minimum absolute atomic E-state index is 0.209. The van der Waals surface area contributed by atoms with Crippen LogP contribution in [-0.2, 0) is 6.54 Å². The number of imidazole rings is 1. The number of amides is 1. The fourth-order valence-corrected chi connectivity index (χ4v) is 1.93. The minimum atomic E-state index is -0.209. The quantitative estimate of drug-likeness (QED) is 0.780. The van der Waals surface area contributed by atoms with Gasteiger partial charge in [0.2, 0.25) is 0 Å². The van der Waals surface area contributed by atoms with Crippen LogP contribution in [0.1, 0.15) is 21.9 Å². The fourth-order valence-electron chi connectivity index (χ4n) is 1.93. The van der Waals surface area contributed by atoms with E-state index in [9.17, 15) is 4.79 Å². The summed E-state index contributed by atoms with van der Waals surface area (Å²) in [6.07, 6.45) is 3.32. The number of fused-ring (bicyclic) bond motifs is 1. The summed E-state index contributed by atoms with van der Waals surface area (Å²) in [6, 6.07) is 9.36. The first-order chi connectivity index (χ1) is 9.24. The van der Waals surface area contributed by atoms with E-state index in [4.69, 9.17) is 4.42 Å². The summed E-state index contributed by atoms with van der Waals surface area (Å²) >= 11 is 0. The Morgan fingerprint density at radius 3 is 3.00 bits per heavy atom. The number of aryl methyl sites for hydroxylation is 1. The molecule has 3 heterocycles. The van der Waals surface area contributed by atoms with E-state index < -0.39 is 0 Å². The van der Waals surface area contributed by atoms with Gasteiger partial charge in [0.25, 0.3) is 5.91 Å². The molecule has 0 aliphatic carbocycles. The number of nitrogens with one attached hydrogen (secondary N) is 1. The van der Waals surface area contributed by atoms with E-state index in [0.717, 1.165) is 11.3 Å². The molecule has 0 fully saturated rings. The molecule has 0 radical (unpaired) electrons. The van der Waals surface area contributed by atoms with Crippen molar-refractivity contribution in [1.29, 1.82) is 0 Å². The minimum Gasteiger partial charge on any atom is -0.467 e. The highest BCUT2D eigenvalue weighted by atomic mass is 16.3. The number of hydrogen-bond donors (Lipinski definition) is 1. The average molecular weight is 255 g/mol. The van der Waals surface area contributed by atoms with Crippen molar-refractivity contribution < 1.29 is 9.21 Å². The predicted molar refractivity (Wildman–Crippen MR) is 69.8 cm³/mol. The van der Waals surface area contributed by atoms with Crippen LogP contribution in [0, 0.1) is 6.92 Å². The van der Waals surface area contributed by atoms with Gasteiger partial charge in [0.15, 0.2) is 0 Å². The lowest BCUT2D eigenvalue weighted by molar-refractivity contribution is 0.0943. The van der Waals surface area contributed by atoms with Crippen molar-refractivity contribution in [1.82, 2.24) is 14.7 Å². The zero-order valence-electron chi connectivity index (χ0n) is 10.5. The molecule has 5 nitrogen and oxygen atoms in total. The monoisotopic (exact) mass is 255 g/mol. The molecule has 96 valence electrons. The molecule has 0 unspecified atom stereocenters. The maximum Gasteiger partial charge on any atom is 0.271 e. The lowest BCUT2D eigenvalue weighted by Crippen LogP contribution is -2.22.